The van der Waals surface area contributed by atoms with Gasteiger partial charge in [-0.2, -0.15) is 0 Å². The highest BCUT2D eigenvalue weighted by atomic mass is 127. The van der Waals surface area contributed by atoms with E-state index in [1.165, 1.54) is 3.20 Å². The monoisotopic (exact) mass is 282 g/mol. The van der Waals surface area contributed by atoms with Gasteiger partial charge in [-0.15, -0.1) is 0 Å². The molecular weight excluding hydrogens is 267 g/mol. The third-order valence-corrected chi connectivity index (χ3v) is 8.10. The number of carbonyl (C=O) groups is 1. The molecule has 0 aromatic heterocycles. The minimum absolute atomic E-state index is 0.247. The van der Waals surface area contributed by atoms with Crippen molar-refractivity contribution in [3.63, 3.8) is 0 Å². The van der Waals surface area contributed by atoms with Crippen molar-refractivity contribution in [2.45, 2.75) is 33.0 Å². The third kappa shape index (κ3) is 4.74. The maximum absolute atomic E-state index is 11.0. The Bertz CT molecular complexity index is 179. The molecule has 0 bridgehead atoms. The van der Waals surface area contributed by atoms with Gasteiger partial charge in [-0.1, -0.05) is 49.2 Å². The molecule has 0 fully saturated rings. The average Bonchev–Trinajstić information content (AvgIpc) is 1.85. The van der Waals surface area contributed by atoms with Crippen LogP contribution in [0.1, 0.15) is 13.3 Å². The standard InChI is InChI=1S/C8H15IOSi/c1-5-7(10)6-8(9)11(2,3)4/h6H,5H2,1-4H3/b8-6+. The normalized spacial score (nSPS) is 13.4. The molecule has 0 rings (SSSR count). The maximum Gasteiger partial charge on any atom is 0.155 e. The zero-order valence-corrected chi connectivity index (χ0v) is 10.7. The van der Waals surface area contributed by atoms with Crippen LogP contribution < -0.4 is 0 Å². The molecule has 0 saturated carbocycles. The first-order valence-electron chi connectivity index (χ1n) is 3.78. The first-order chi connectivity index (χ1) is 4.88. The van der Waals surface area contributed by atoms with Crippen molar-refractivity contribution < 1.29 is 4.79 Å². The minimum Gasteiger partial charge on any atom is -0.295 e. The number of rotatable bonds is 3. The number of hydrogen-bond donors (Lipinski definition) is 0. The summed E-state index contributed by atoms with van der Waals surface area (Å²) >= 11 is 2.29. The lowest BCUT2D eigenvalue weighted by molar-refractivity contribution is -0.114. The van der Waals surface area contributed by atoms with Crippen LogP contribution in [0.4, 0.5) is 0 Å². The van der Waals surface area contributed by atoms with Crippen molar-refractivity contribution in [1.29, 1.82) is 0 Å². The van der Waals surface area contributed by atoms with Crippen LogP contribution in [-0.4, -0.2) is 13.9 Å². The molecule has 0 aromatic rings. The topological polar surface area (TPSA) is 17.1 Å². The number of hydrogen-bond acceptors (Lipinski definition) is 1. The molecule has 0 spiro atoms. The Kier molecular flexibility index (Phi) is 4.54. The molecule has 0 heterocycles. The summed E-state index contributed by atoms with van der Waals surface area (Å²) in [5, 5.41) is 0. The van der Waals surface area contributed by atoms with Gasteiger partial charge in [0.25, 0.3) is 0 Å². The second-order valence-corrected chi connectivity index (χ2v) is 10.8. The molecule has 0 aliphatic rings. The highest BCUT2D eigenvalue weighted by molar-refractivity contribution is 14.1. The molecule has 11 heavy (non-hydrogen) atoms. The Morgan fingerprint density at radius 1 is 1.45 bits per heavy atom. The van der Waals surface area contributed by atoms with Gasteiger partial charge in [0.15, 0.2) is 5.78 Å². The fraction of sp³-hybridized carbons (Fsp3) is 0.625. The quantitative estimate of drug-likeness (QED) is 0.441. The summed E-state index contributed by atoms with van der Waals surface area (Å²) in [5.74, 6) is 0.247. The number of ketones is 1. The fourth-order valence-electron chi connectivity index (χ4n) is 0.460. The number of halogens is 1. The molecule has 0 aliphatic heterocycles. The molecule has 0 N–H and O–H groups in total. The van der Waals surface area contributed by atoms with E-state index in [4.69, 9.17) is 0 Å². The van der Waals surface area contributed by atoms with Crippen molar-refractivity contribution >= 4 is 36.4 Å². The molecule has 0 atom stereocenters. The number of carbonyl (C=O) groups excluding carboxylic acids is 1. The van der Waals surface area contributed by atoms with Crippen molar-refractivity contribution in [2.75, 3.05) is 0 Å². The first kappa shape index (κ1) is 11.4. The number of allylic oxidation sites excluding steroid dienone is 1. The van der Waals surface area contributed by atoms with E-state index in [1.54, 1.807) is 6.08 Å². The van der Waals surface area contributed by atoms with E-state index in [0.29, 0.717) is 6.42 Å². The van der Waals surface area contributed by atoms with Crippen molar-refractivity contribution in [3.05, 3.63) is 9.28 Å². The van der Waals surface area contributed by atoms with Gasteiger partial charge >= 0.3 is 0 Å². The summed E-state index contributed by atoms with van der Waals surface area (Å²) in [7, 11) is -1.21. The highest BCUT2D eigenvalue weighted by Gasteiger charge is 2.17. The van der Waals surface area contributed by atoms with Gasteiger partial charge < -0.3 is 0 Å². The van der Waals surface area contributed by atoms with Crippen LogP contribution in [0.3, 0.4) is 0 Å². The van der Waals surface area contributed by atoms with Gasteiger partial charge in [0, 0.05) is 6.42 Å². The maximum atomic E-state index is 11.0. The van der Waals surface area contributed by atoms with Crippen LogP contribution >= 0.6 is 22.6 Å². The van der Waals surface area contributed by atoms with Gasteiger partial charge in [-0.3, -0.25) is 4.79 Å². The lowest BCUT2D eigenvalue weighted by Crippen LogP contribution is -2.21. The minimum atomic E-state index is -1.21. The van der Waals surface area contributed by atoms with E-state index in [0.717, 1.165) is 0 Å². The second kappa shape index (κ2) is 4.40. The SMILES string of the molecule is CCC(=O)/C=C(\I)[Si](C)(C)C. The second-order valence-electron chi connectivity index (χ2n) is 3.56. The van der Waals surface area contributed by atoms with Crippen LogP contribution in [0.15, 0.2) is 9.28 Å². The molecule has 0 amide bonds. The van der Waals surface area contributed by atoms with Crippen molar-refractivity contribution in [1.82, 2.24) is 0 Å². The van der Waals surface area contributed by atoms with Gasteiger partial charge in [-0.25, -0.2) is 0 Å². The molecule has 64 valence electrons. The average molecular weight is 282 g/mol. The molecule has 1 nitrogen and oxygen atoms in total. The third-order valence-electron chi connectivity index (χ3n) is 1.35. The summed E-state index contributed by atoms with van der Waals surface area (Å²) in [6.07, 6.45) is 2.42. The Balaban J connectivity index is 4.35. The van der Waals surface area contributed by atoms with E-state index in [1.807, 2.05) is 6.92 Å². The van der Waals surface area contributed by atoms with E-state index >= 15 is 0 Å². The Labute approximate surface area is 83.4 Å². The van der Waals surface area contributed by atoms with E-state index in [-0.39, 0.29) is 5.78 Å². The molecule has 0 unspecified atom stereocenters. The lowest BCUT2D eigenvalue weighted by Gasteiger charge is -2.14. The zero-order valence-electron chi connectivity index (χ0n) is 7.57. The fourth-order valence-corrected chi connectivity index (χ4v) is 1.40. The molecule has 0 aromatic carbocycles. The van der Waals surface area contributed by atoms with E-state index in [9.17, 15) is 4.79 Å². The predicted octanol–water partition coefficient (Wildman–Crippen LogP) is 3.16. The van der Waals surface area contributed by atoms with Gasteiger partial charge in [0.1, 0.15) is 0 Å². The Hall–Kier alpha value is 0.357. The van der Waals surface area contributed by atoms with Crippen LogP contribution in [0.5, 0.6) is 0 Å². The summed E-state index contributed by atoms with van der Waals surface area (Å²) in [5.41, 5.74) is 0. The molecule has 0 saturated heterocycles. The lowest BCUT2D eigenvalue weighted by atomic mass is 10.3. The van der Waals surface area contributed by atoms with E-state index < -0.39 is 8.07 Å². The summed E-state index contributed by atoms with van der Waals surface area (Å²) in [6.45, 7) is 8.63. The van der Waals surface area contributed by atoms with Crippen molar-refractivity contribution in [3.8, 4) is 0 Å². The molecule has 0 aliphatic carbocycles. The van der Waals surface area contributed by atoms with Crippen LogP contribution in [-0.2, 0) is 4.79 Å². The largest absolute Gasteiger partial charge is 0.295 e. The van der Waals surface area contributed by atoms with Crippen LogP contribution in [0.25, 0.3) is 0 Å². The highest BCUT2D eigenvalue weighted by Crippen LogP contribution is 2.20. The first-order valence-corrected chi connectivity index (χ1v) is 8.36. The molecule has 0 radical (unpaired) electrons. The molecular formula is C8H15IOSi. The van der Waals surface area contributed by atoms with Gasteiger partial charge in [0.05, 0.1) is 8.07 Å². The summed E-state index contributed by atoms with van der Waals surface area (Å²) in [4.78, 5) is 11.0. The summed E-state index contributed by atoms with van der Waals surface area (Å²) in [6, 6.07) is 0. The molecule has 3 heteroatoms. The smallest absolute Gasteiger partial charge is 0.155 e. The Morgan fingerprint density at radius 2 is 1.91 bits per heavy atom. The van der Waals surface area contributed by atoms with E-state index in [2.05, 4.69) is 42.2 Å². The summed E-state index contributed by atoms with van der Waals surface area (Å²) < 4.78 is 1.27. The van der Waals surface area contributed by atoms with Gasteiger partial charge in [-0.05, 0) is 9.28 Å². The zero-order chi connectivity index (χ0) is 9.07. The van der Waals surface area contributed by atoms with Gasteiger partial charge in [0.2, 0.25) is 0 Å². The predicted molar refractivity (Wildman–Crippen MR) is 60.7 cm³/mol. The Morgan fingerprint density at radius 3 is 2.18 bits per heavy atom. The van der Waals surface area contributed by atoms with Crippen molar-refractivity contribution in [2.24, 2.45) is 0 Å². The van der Waals surface area contributed by atoms with Crippen LogP contribution in [0, 0.1) is 0 Å². The van der Waals surface area contributed by atoms with Crippen LogP contribution in [0.2, 0.25) is 19.6 Å².